The van der Waals surface area contributed by atoms with Crippen molar-refractivity contribution in [3.8, 4) is 5.75 Å². The van der Waals surface area contributed by atoms with Gasteiger partial charge in [-0.3, -0.25) is 19.3 Å². The molecule has 4 aromatic heterocycles. The molecule has 2 amide bonds. The van der Waals surface area contributed by atoms with Crippen molar-refractivity contribution in [1.82, 2.24) is 44.4 Å². The molecule has 0 aliphatic carbocycles. The van der Waals surface area contributed by atoms with Gasteiger partial charge in [0.2, 0.25) is 0 Å². The Morgan fingerprint density at radius 1 is 1.11 bits per heavy atom. The number of methoxy groups -OCH3 is 1. The molecule has 5 heterocycles. The van der Waals surface area contributed by atoms with Crippen molar-refractivity contribution in [3.05, 3.63) is 86.5 Å². The molecule has 1 aliphatic heterocycles. The first-order valence-electron chi connectivity index (χ1n) is 18.1. The van der Waals surface area contributed by atoms with Crippen LogP contribution in [0.15, 0.2) is 52.8 Å². The molecule has 0 saturated carbocycles. The van der Waals surface area contributed by atoms with Crippen LogP contribution in [0.1, 0.15) is 73.0 Å². The van der Waals surface area contributed by atoms with Gasteiger partial charge in [0, 0.05) is 42.2 Å². The molecule has 1 saturated heterocycles. The minimum Gasteiger partial charge on any atom is -0.497 e. The number of nitrogens with one attached hydrogen (secondary N) is 1. The fraction of sp³-hybridized carbons (Fsp3) is 0.421. The third-order valence-corrected chi connectivity index (χ3v) is 10.2. The Labute approximate surface area is 323 Å². The van der Waals surface area contributed by atoms with Gasteiger partial charge in [0.1, 0.15) is 17.2 Å². The van der Waals surface area contributed by atoms with Gasteiger partial charge in [-0.1, -0.05) is 32.9 Å². The maximum Gasteiger partial charge on any atom is 0.407 e. The Morgan fingerprint density at radius 3 is 2.58 bits per heavy atom. The zero-order valence-electron chi connectivity index (χ0n) is 32.0. The van der Waals surface area contributed by atoms with Crippen LogP contribution in [0.5, 0.6) is 5.75 Å². The van der Waals surface area contributed by atoms with Gasteiger partial charge in [-0.2, -0.15) is 0 Å². The standard InChI is InChI=1S/C38H47N11O5S/c1-38(2,3)30-24-55-36(39-30)41-34(50)26-16-20-48-32(21-26)40-33(46-18-7-9-27(23-46)47(37(52)53)19-8-17-45(4)5)29(35(48)51)14-15-31-42-43-44-49(31)22-25-10-12-28(54-6)13-11-25/h10-16,20-21,24,27H,7-9,17-19,22-23H2,1-6H3,(H,52,53)(H,39,41,50)/t27-/m1/s1. The predicted molar refractivity (Wildman–Crippen MR) is 212 cm³/mol. The molecule has 1 fully saturated rings. The first kappa shape index (κ1) is 39.0. The lowest BCUT2D eigenvalue weighted by Gasteiger charge is -2.39. The first-order chi connectivity index (χ1) is 26.3. The Bertz CT molecular complexity index is 2220. The minimum atomic E-state index is -0.980. The summed E-state index contributed by atoms with van der Waals surface area (Å²) in [7, 11) is 5.53. The molecule has 6 rings (SSSR count). The van der Waals surface area contributed by atoms with Gasteiger partial charge in [0.25, 0.3) is 11.5 Å². The number of hydrogen-bond donors (Lipinski definition) is 2. The zero-order chi connectivity index (χ0) is 39.3. The summed E-state index contributed by atoms with van der Waals surface area (Å²) >= 11 is 1.35. The third-order valence-electron chi connectivity index (χ3n) is 9.44. The molecule has 0 unspecified atom stereocenters. The number of thiazole rings is 1. The normalized spacial score (nSPS) is 14.9. The number of hydrogen-bond acceptors (Lipinski definition) is 12. The van der Waals surface area contributed by atoms with E-state index < -0.39 is 6.09 Å². The summed E-state index contributed by atoms with van der Waals surface area (Å²) in [5.41, 5.74) is 2.15. The third kappa shape index (κ3) is 9.35. The molecule has 0 spiro atoms. The van der Waals surface area contributed by atoms with E-state index in [1.807, 2.05) is 53.5 Å². The molecule has 1 aromatic carbocycles. The number of rotatable bonds is 13. The summed E-state index contributed by atoms with van der Waals surface area (Å²) in [6.45, 7) is 8.59. The number of amides is 2. The van der Waals surface area contributed by atoms with Crippen molar-refractivity contribution in [2.45, 2.75) is 58.0 Å². The molecule has 290 valence electrons. The second kappa shape index (κ2) is 16.8. The number of carbonyl (C=O) groups is 2. The Kier molecular flexibility index (Phi) is 11.9. The number of anilines is 2. The minimum absolute atomic E-state index is 0.167. The lowest BCUT2D eigenvalue weighted by molar-refractivity contribution is 0.102. The van der Waals surface area contributed by atoms with Gasteiger partial charge in [0.05, 0.1) is 31.0 Å². The largest absolute Gasteiger partial charge is 0.497 e. The number of ether oxygens (including phenoxy) is 1. The van der Waals surface area contributed by atoms with Crippen LogP contribution in [0, 0.1) is 0 Å². The van der Waals surface area contributed by atoms with E-state index in [0.717, 1.165) is 23.6 Å². The van der Waals surface area contributed by atoms with Crippen LogP contribution in [-0.2, 0) is 12.0 Å². The van der Waals surface area contributed by atoms with Crippen molar-refractivity contribution in [3.63, 3.8) is 0 Å². The second-order valence-electron chi connectivity index (χ2n) is 14.8. The lowest BCUT2D eigenvalue weighted by atomic mass is 9.93. The molecule has 5 aromatic rings. The van der Waals surface area contributed by atoms with E-state index in [0.29, 0.717) is 67.8 Å². The molecule has 17 heteroatoms. The molecule has 1 atom stereocenters. The molecule has 0 bridgehead atoms. The summed E-state index contributed by atoms with van der Waals surface area (Å²) in [5, 5.41) is 27.7. The van der Waals surface area contributed by atoms with E-state index in [1.165, 1.54) is 26.8 Å². The molecular formula is C38H47N11O5S. The van der Waals surface area contributed by atoms with E-state index in [2.05, 4.69) is 46.6 Å². The van der Waals surface area contributed by atoms with Crippen LogP contribution in [0.3, 0.4) is 0 Å². The topological polar surface area (TPSA) is 176 Å². The van der Waals surface area contributed by atoms with E-state index in [1.54, 1.807) is 36.1 Å². The molecule has 1 aliphatic rings. The molecule has 0 radical (unpaired) electrons. The average molecular weight is 770 g/mol. The van der Waals surface area contributed by atoms with Gasteiger partial charge in [0.15, 0.2) is 11.0 Å². The number of carbonyl (C=O) groups excluding carboxylic acids is 1. The number of carboxylic acid groups (broad SMARTS) is 1. The fourth-order valence-electron chi connectivity index (χ4n) is 6.41. The summed E-state index contributed by atoms with van der Waals surface area (Å²) in [4.78, 5) is 55.3. The number of tetrazole rings is 1. The van der Waals surface area contributed by atoms with Crippen LogP contribution < -0.4 is 20.5 Å². The maximum absolute atomic E-state index is 14.3. The first-order valence-corrected chi connectivity index (χ1v) is 19.0. The highest BCUT2D eigenvalue weighted by Gasteiger charge is 2.31. The van der Waals surface area contributed by atoms with Crippen LogP contribution in [-0.4, -0.2) is 115 Å². The van der Waals surface area contributed by atoms with E-state index in [4.69, 9.17) is 9.72 Å². The monoisotopic (exact) mass is 769 g/mol. The van der Waals surface area contributed by atoms with Gasteiger partial charge in [-0.05, 0) is 92.3 Å². The van der Waals surface area contributed by atoms with Gasteiger partial charge in [-0.15, -0.1) is 16.4 Å². The van der Waals surface area contributed by atoms with Crippen molar-refractivity contribution >= 4 is 52.1 Å². The van der Waals surface area contributed by atoms with Crippen LogP contribution in [0.25, 0.3) is 17.8 Å². The number of aromatic nitrogens is 7. The number of piperidine rings is 1. The van der Waals surface area contributed by atoms with Gasteiger partial charge >= 0.3 is 6.09 Å². The molecule has 55 heavy (non-hydrogen) atoms. The SMILES string of the molecule is COc1ccc(Cn2nnnc2C=Cc2c(N3CCC[C@@H](N(CCCN(C)C)C(=O)O)C3)nc3cc(C(=O)Nc4nc(C(C)(C)C)cs4)ccn3c2=O)cc1. The van der Waals surface area contributed by atoms with Crippen LogP contribution in [0.2, 0.25) is 0 Å². The summed E-state index contributed by atoms with van der Waals surface area (Å²) in [5.74, 6) is 1.16. The number of fused-ring (bicyclic) bond motifs is 1. The maximum atomic E-state index is 14.3. The van der Waals surface area contributed by atoms with Crippen molar-refractivity contribution in [1.29, 1.82) is 0 Å². The van der Waals surface area contributed by atoms with Gasteiger partial charge in [-0.25, -0.2) is 19.4 Å². The zero-order valence-corrected chi connectivity index (χ0v) is 32.8. The lowest BCUT2D eigenvalue weighted by Crippen LogP contribution is -2.51. The van der Waals surface area contributed by atoms with Crippen molar-refractivity contribution < 1.29 is 19.4 Å². The summed E-state index contributed by atoms with van der Waals surface area (Å²) in [6.07, 6.45) is 5.94. The highest BCUT2D eigenvalue weighted by molar-refractivity contribution is 7.14. The highest BCUT2D eigenvalue weighted by Crippen LogP contribution is 2.28. The predicted octanol–water partition coefficient (Wildman–Crippen LogP) is 4.82. The second-order valence-corrected chi connectivity index (χ2v) is 15.6. The Hall–Kier alpha value is -5.68. The smallest absolute Gasteiger partial charge is 0.407 e. The number of benzene rings is 1. The quantitative estimate of drug-likeness (QED) is 0.167. The molecule has 2 N–H and O–H groups in total. The summed E-state index contributed by atoms with van der Waals surface area (Å²) < 4.78 is 8.29. The molecule has 16 nitrogen and oxygen atoms in total. The molecular weight excluding hydrogens is 723 g/mol. The number of nitrogens with zero attached hydrogens (tertiary/aromatic N) is 10. The van der Waals surface area contributed by atoms with E-state index in [9.17, 15) is 19.5 Å². The highest BCUT2D eigenvalue weighted by atomic mass is 32.1. The van der Waals surface area contributed by atoms with Crippen molar-refractivity contribution in [2.75, 3.05) is 57.6 Å². The fourth-order valence-corrected chi connectivity index (χ4v) is 7.34. The average Bonchev–Trinajstić information content (AvgIpc) is 3.82. The Morgan fingerprint density at radius 2 is 1.89 bits per heavy atom. The van der Waals surface area contributed by atoms with Crippen LogP contribution in [0.4, 0.5) is 15.7 Å². The number of pyridine rings is 1. The van der Waals surface area contributed by atoms with E-state index >= 15 is 0 Å². The summed E-state index contributed by atoms with van der Waals surface area (Å²) in [6, 6.07) is 10.4. The van der Waals surface area contributed by atoms with E-state index in [-0.39, 0.29) is 34.1 Å². The van der Waals surface area contributed by atoms with Crippen LogP contribution >= 0.6 is 11.3 Å². The Balaban J connectivity index is 1.35. The van der Waals surface area contributed by atoms with Crippen molar-refractivity contribution in [2.24, 2.45) is 0 Å². The van der Waals surface area contributed by atoms with Gasteiger partial charge < -0.3 is 24.5 Å².